The number of para-hydroxylation sites is 2. The minimum atomic E-state index is -3.53. The first-order valence-electron chi connectivity index (χ1n) is 8.94. The van der Waals surface area contributed by atoms with E-state index < -0.39 is 28.0 Å². The van der Waals surface area contributed by atoms with Gasteiger partial charge in [-0.05, 0) is 36.8 Å². The highest BCUT2D eigenvalue weighted by Crippen LogP contribution is 2.34. The lowest BCUT2D eigenvalue weighted by Crippen LogP contribution is -2.36. The van der Waals surface area contributed by atoms with Gasteiger partial charge in [0, 0.05) is 18.7 Å². The second-order valence-electron chi connectivity index (χ2n) is 6.66. The second-order valence-corrected chi connectivity index (χ2v) is 8.56. The molecule has 1 N–H and O–H groups in total. The monoisotopic (exact) mass is 418 g/mol. The van der Waals surface area contributed by atoms with Crippen LogP contribution in [-0.4, -0.2) is 46.3 Å². The third-order valence-corrected chi connectivity index (χ3v) is 5.87. The summed E-state index contributed by atoms with van der Waals surface area (Å²) in [7, 11) is -2.24. The topological polar surface area (TPSA) is 102 Å². The van der Waals surface area contributed by atoms with Crippen molar-refractivity contribution in [2.24, 2.45) is 0 Å². The van der Waals surface area contributed by atoms with Crippen molar-refractivity contribution in [1.82, 2.24) is 0 Å². The van der Waals surface area contributed by atoms with E-state index >= 15 is 0 Å². The largest absolute Gasteiger partial charge is 0.478 e. The van der Waals surface area contributed by atoms with E-state index in [1.54, 1.807) is 49.4 Å². The first kappa shape index (κ1) is 20.7. The van der Waals surface area contributed by atoms with Crippen LogP contribution in [0, 0.1) is 6.92 Å². The van der Waals surface area contributed by atoms with Gasteiger partial charge in [-0.3, -0.25) is 9.10 Å². The van der Waals surface area contributed by atoms with Crippen LogP contribution < -0.4 is 14.4 Å². The van der Waals surface area contributed by atoms with Crippen molar-refractivity contribution in [3.05, 3.63) is 53.6 Å². The number of benzene rings is 2. The minimum absolute atomic E-state index is 0.106. The Morgan fingerprint density at radius 2 is 1.90 bits per heavy atom. The van der Waals surface area contributed by atoms with Gasteiger partial charge in [0.2, 0.25) is 10.0 Å². The first-order valence-corrected chi connectivity index (χ1v) is 10.8. The summed E-state index contributed by atoms with van der Waals surface area (Å²) in [5.74, 6) is -0.613. The summed E-state index contributed by atoms with van der Waals surface area (Å²) in [5.41, 5.74) is 1.77. The molecule has 2 aromatic carbocycles. The summed E-state index contributed by atoms with van der Waals surface area (Å²) in [6, 6.07) is 11.6. The Morgan fingerprint density at radius 1 is 1.17 bits per heavy atom. The molecule has 0 saturated carbocycles. The van der Waals surface area contributed by atoms with Crippen LogP contribution in [0.5, 0.6) is 5.75 Å². The average molecular weight is 418 g/mol. The number of hydrogen-bond donors (Lipinski definition) is 1. The van der Waals surface area contributed by atoms with Crippen LogP contribution in [0.1, 0.15) is 22.3 Å². The summed E-state index contributed by atoms with van der Waals surface area (Å²) in [5, 5.41) is 2.77. The van der Waals surface area contributed by atoms with Crippen LogP contribution in [0.25, 0.3) is 0 Å². The maximum atomic E-state index is 12.9. The number of methoxy groups -OCH3 is 1. The summed E-state index contributed by atoms with van der Waals surface area (Å²) in [6.45, 7) is 1.81. The molecule has 0 radical (unpaired) electrons. The Morgan fingerprint density at radius 3 is 2.59 bits per heavy atom. The van der Waals surface area contributed by atoms with Gasteiger partial charge in [0.25, 0.3) is 5.91 Å². The Labute approximate surface area is 169 Å². The van der Waals surface area contributed by atoms with Crippen LogP contribution in [0.2, 0.25) is 0 Å². The number of nitrogens with one attached hydrogen (secondary N) is 1. The third kappa shape index (κ3) is 4.34. The SMILES string of the molecule is COC(=O)c1cccc(NC(=O)[C@H]2CCN(S(C)(=O)=O)c3ccccc3O2)c1C. The summed E-state index contributed by atoms with van der Waals surface area (Å²) < 4.78 is 36.2. The highest BCUT2D eigenvalue weighted by molar-refractivity contribution is 7.92. The van der Waals surface area contributed by atoms with Crippen LogP contribution >= 0.6 is 0 Å². The number of anilines is 2. The van der Waals surface area contributed by atoms with Crippen molar-refractivity contribution in [1.29, 1.82) is 0 Å². The van der Waals surface area contributed by atoms with Crippen LogP contribution in [0.15, 0.2) is 42.5 Å². The number of amides is 1. The molecule has 0 saturated heterocycles. The van der Waals surface area contributed by atoms with E-state index in [1.165, 1.54) is 11.4 Å². The fourth-order valence-corrected chi connectivity index (χ4v) is 4.12. The standard InChI is InChI=1S/C20H22N2O6S/c1-13-14(20(24)27-2)7-6-8-15(13)21-19(23)18-11-12-22(29(3,25)26)16-9-4-5-10-17(16)28-18/h4-10,18H,11-12H2,1-3H3,(H,21,23)/t18-/m1/s1. The van der Waals surface area contributed by atoms with Crippen LogP contribution in [-0.2, 0) is 19.6 Å². The van der Waals surface area contributed by atoms with Crippen LogP contribution in [0.3, 0.4) is 0 Å². The number of carbonyl (C=O) groups is 2. The van der Waals surface area contributed by atoms with E-state index in [9.17, 15) is 18.0 Å². The van der Waals surface area contributed by atoms with E-state index in [-0.39, 0.29) is 13.0 Å². The molecule has 1 amide bonds. The number of hydrogen-bond acceptors (Lipinski definition) is 6. The maximum Gasteiger partial charge on any atom is 0.338 e. The molecule has 29 heavy (non-hydrogen) atoms. The number of nitrogens with zero attached hydrogens (tertiary/aromatic N) is 1. The summed E-state index contributed by atoms with van der Waals surface area (Å²) >= 11 is 0. The predicted octanol–water partition coefficient (Wildman–Crippen LogP) is 2.34. The smallest absolute Gasteiger partial charge is 0.338 e. The molecule has 1 aliphatic heterocycles. The van der Waals surface area contributed by atoms with Gasteiger partial charge in [0.05, 0.1) is 24.6 Å². The number of rotatable bonds is 4. The molecule has 1 atom stereocenters. The quantitative estimate of drug-likeness (QED) is 0.765. The second kappa shape index (κ2) is 8.12. The molecule has 0 bridgehead atoms. The average Bonchev–Trinajstić information content (AvgIpc) is 2.88. The van der Waals surface area contributed by atoms with Gasteiger partial charge in [-0.25, -0.2) is 13.2 Å². The zero-order valence-electron chi connectivity index (χ0n) is 16.3. The van der Waals surface area contributed by atoms with Gasteiger partial charge in [0.1, 0.15) is 5.75 Å². The Bertz CT molecular complexity index is 1050. The summed E-state index contributed by atoms with van der Waals surface area (Å²) in [4.78, 5) is 24.7. The first-order chi connectivity index (χ1) is 13.7. The fraction of sp³-hybridized carbons (Fsp3) is 0.300. The van der Waals surface area contributed by atoms with Gasteiger partial charge >= 0.3 is 5.97 Å². The van der Waals surface area contributed by atoms with Crippen molar-refractivity contribution in [2.45, 2.75) is 19.4 Å². The van der Waals surface area contributed by atoms with Gasteiger partial charge in [-0.15, -0.1) is 0 Å². The van der Waals surface area contributed by atoms with E-state index in [0.717, 1.165) is 6.26 Å². The number of fused-ring (bicyclic) bond motifs is 1. The molecule has 0 aliphatic carbocycles. The van der Waals surface area contributed by atoms with Crippen molar-refractivity contribution < 1.29 is 27.5 Å². The van der Waals surface area contributed by atoms with Gasteiger partial charge in [0.15, 0.2) is 6.10 Å². The van der Waals surface area contributed by atoms with Crippen molar-refractivity contribution >= 4 is 33.3 Å². The van der Waals surface area contributed by atoms with Crippen molar-refractivity contribution in [2.75, 3.05) is 29.5 Å². The number of sulfonamides is 1. The fourth-order valence-electron chi connectivity index (χ4n) is 3.17. The predicted molar refractivity (Wildman–Crippen MR) is 109 cm³/mol. The van der Waals surface area contributed by atoms with Gasteiger partial charge in [-0.2, -0.15) is 0 Å². The number of ether oxygens (including phenoxy) is 2. The zero-order chi connectivity index (χ0) is 21.2. The normalized spacial score (nSPS) is 16.2. The number of esters is 1. The summed E-state index contributed by atoms with van der Waals surface area (Å²) in [6.07, 6.45) is 0.388. The molecule has 8 nitrogen and oxygen atoms in total. The van der Waals surface area contributed by atoms with Gasteiger partial charge in [-0.1, -0.05) is 18.2 Å². The number of carbonyl (C=O) groups excluding carboxylic acids is 2. The van der Waals surface area contributed by atoms with E-state index in [1.807, 2.05) is 0 Å². The van der Waals surface area contributed by atoms with Crippen LogP contribution in [0.4, 0.5) is 11.4 Å². The molecule has 154 valence electrons. The highest BCUT2D eigenvalue weighted by Gasteiger charge is 2.31. The molecule has 0 spiro atoms. The highest BCUT2D eigenvalue weighted by atomic mass is 32.2. The van der Waals surface area contributed by atoms with Crippen molar-refractivity contribution in [3.8, 4) is 5.75 Å². The minimum Gasteiger partial charge on any atom is -0.478 e. The maximum absolute atomic E-state index is 12.9. The molecular weight excluding hydrogens is 396 g/mol. The molecule has 9 heteroatoms. The van der Waals surface area contributed by atoms with E-state index in [4.69, 9.17) is 9.47 Å². The van der Waals surface area contributed by atoms with E-state index in [2.05, 4.69) is 5.32 Å². The Balaban J connectivity index is 1.86. The third-order valence-electron chi connectivity index (χ3n) is 4.69. The lowest BCUT2D eigenvalue weighted by Gasteiger charge is -2.20. The molecule has 0 fully saturated rings. The molecule has 1 aliphatic rings. The zero-order valence-corrected chi connectivity index (χ0v) is 17.2. The Hall–Kier alpha value is -3.07. The molecule has 2 aromatic rings. The molecule has 0 aromatic heterocycles. The molecular formula is C20H22N2O6S. The Kier molecular flexibility index (Phi) is 5.78. The van der Waals surface area contributed by atoms with Crippen molar-refractivity contribution in [3.63, 3.8) is 0 Å². The lowest BCUT2D eigenvalue weighted by molar-refractivity contribution is -0.122. The lowest BCUT2D eigenvalue weighted by atomic mass is 10.1. The molecule has 1 heterocycles. The molecule has 3 rings (SSSR count). The molecule has 0 unspecified atom stereocenters. The van der Waals surface area contributed by atoms with E-state index in [0.29, 0.717) is 28.3 Å². The van der Waals surface area contributed by atoms with Gasteiger partial charge < -0.3 is 14.8 Å².